The summed E-state index contributed by atoms with van der Waals surface area (Å²) in [7, 11) is 0. The molecule has 4 heteroatoms. The highest BCUT2D eigenvalue weighted by molar-refractivity contribution is 5.48. The Morgan fingerprint density at radius 1 is 1.03 bits per heavy atom. The third-order valence-electron chi connectivity index (χ3n) is 6.27. The van der Waals surface area contributed by atoms with Crippen LogP contribution in [0.3, 0.4) is 0 Å². The standard InChI is InChI=1S/C30H35F3O/c1-7-24-12-15-25(16-13-24)27-18-17-26(29(32)30(27)33)14-10-20(3)9-11-21(4)23(6)28(31)19-22(5)34-8-2/h7,9,11,17-19,24-25H,1,3-6,8,10,12-16H2,2H3/b11-9-,28-19+. The van der Waals surface area contributed by atoms with Crippen molar-refractivity contribution < 1.29 is 17.9 Å². The molecule has 0 unspecified atom stereocenters. The van der Waals surface area contributed by atoms with Gasteiger partial charge in [0.05, 0.1) is 6.61 Å². The number of rotatable bonds is 12. The summed E-state index contributed by atoms with van der Waals surface area (Å²) in [5.41, 5.74) is 1.95. The van der Waals surface area contributed by atoms with Crippen molar-refractivity contribution in [2.24, 2.45) is 5.92 Å². The SMILES string of the molecule is C=CC1CCC(c2ccc(CCC(=C)/C=C\C(=C)C(=C)/C(F)=C\C(=C)OCC)c(F)c2F)CC1. The lowest BCUT2D eigenvalue weighted by molar-refractivity contribution is 0.243. The summed E-state index contributed by atoms with van der Waals surface area (Å²) in [6, 6.07) is 3.40. The van der Waals surface area contributed by atoms with Crippen LogP contribution in [0, 0.1) is 17.6 Å². The van der Waals surface area contributed by atoms with Crippen LogP contribution in [0.4, 0.5) is 13.2 Å². The first-order valence-electron chi connectivity index (χ1n) is 11.7. The van der Waals surface area contributed by atoms with Crippen molar-refractivity contribution in [1.29, 1.82) is 0 Å². The Balaban J connectivity index is 1.94. The van der Waals surface area contributed by atoms with Crippen molar-refractivity contribution in [1.82, 2.24) is 0 Å². The van der Waals surface area contributed by atoms with Gasteiger partial charge in [0.2, 0.25) is 0 Å². The van der Waals surface area contributed by atoms with Gasteiger partial charge < -0.3 is 4.74 Å². The first kappa shape index (κ1) is 27.2. The van der Waals surface area contributed by atoms with E-state index in [4.69, 9.17) is 4.74 Å². The topological polar surface area (TPSA) is 9.23 Å². The molecule has 182 valence electrons. The Bertz CT molecular complexity index is 1000. The average Bonchev–Trinajstić information content (AvgIpc) is 2.83. The van der Waals surface area contributed by atoms with E-state index in [1.165, 1.54) is 0 Å². The Labute approximate surface area is 202 Å². The van der Waals surface area contributed by atoms with Gasteiger partial charge in [0.25, 0.3) is 0 Å². The molecule has 1 aliphatic carbocycles. The average molecular weight is 469 g/mol. The number of hydrogen-bond acceptors (Lipinski definition) is 1. The molecule has 0 amide bonds. The Kier molecular flexibility index (Phi) is 10.4. The van der Waals surface area contributed by atoms with Crippen LogP contribution in [0.2, 0.25) is 0 Å². The van der Waals surface area contributed by atoms with Crippen molar-refractivity contribution in [3.8, 4) is 0 Å². The molecule has 0 aliphatic heterocycles. The van der Waals surface area contributed by atoms with Crippen LogP contribution in [0.15, 0.2) is 97.6 Å². The first-order chi connectivity index (χ1) is 16.2. The molecule has 1 aromatic rings. The fourth-order valence-corrected chi connectivity index (χ4v) is 4.09. The molecule has 0 atom stereocenters. The van der Waals surface area contributed by atoms with Gasteiger partial charge in [-0.25, -0.2) is 13.2 Å². The number of ether oxygens (including phenoxy) is 1. The van der Waals surface area contributed by atoms with Gasteiger partial charge in [0, 0.05) is 11.6 Å². The van der Waals surface area contributed by atoms with Gasteiger partial charge in [0.1, 0.15) is 11.6 Å². The zero-order chi connectivity index (χ0) is 25.3. The smallest absolute Gasteiger partial charge is 0.162 e. The van der Waals surface area contributed by atoms with Crippen LogP contribution in [0.25, 0.3) is 0 Å². The normalized spacial score (nSPS) is 18.5. The molecule has 1 nitrogen and oxygen atoms in total. The maximum Gasteiger partial charge on any atom is 0.162 e. The van der Waals surface area contributed by atoms with Gasteiger partial charge in [-0.05, 0) is 74.0 Å². The largest absolute Gasteiger partial charge is 0.494 e. The fourth-order valence-electron chi connectivity index (χ4n) is 4.09. The second kappa shape index (κ2) is 13.0. The lowest BCUT2D eigenvalue weighted by atomic mass is 9.78. The lowest BCUT2D eigenvalue weighted by Crippen LogP contribution is -2.14. The van der Waals surface area contributed by atoms with Crippen LogP contribution >= 0.6 is 0 Å². The van der Waals surface area contributed by atoms with Gasteiger partial charge in [-0.1, -0.05) is 62.2 Å². The van der Waals surface area contributed by atoms with E-state index in [-0.39, 0.29) is 17.3 Å². The molecular weight excluding hydrogens is 433 g/mol. The molecule has 34 heavy (non-hydrogen) atoms. The molecule has 0 bridgehead atoms. The van der Waals surface area contributed by atoms with E-state index in [1.54, 1.807) is 31.2 Å². The highest BCUT2D eigenvalue weighted by Gasteiger charge is 2.25. The minimum Gasteiger partial charge on any atom is -0.494 e. The zero-order valence-corrected chi connectivity index (χ0v) is 20.1. The summed E-state index contributed by atoms with van der Waals surface area (Å²) < 4.78 is 48.9. The van der Waals surface area contributed by atoms with E-state index in [0.29, 0.717) is 47.6 Å². The van der Waals surface area contributed by atoms with Gasteiger partial charge in [-0.15, -0.1) is 6.58 Å². The van der Waals surface area contributed by atoms with Crippen molar-refractivity contribution >= 4 is 0 Å². The summed E-state index contributed by atoms with van der Waals surface area (Å²) in [6.45, 7) is 21.1. The Morgan fingerprint density at radius 2 is 1.71 bits per heavy atom. The van der Waals surface area contributed by atoms with Gasteiger partial charge in [0.15, 0.2) is 11.6 Å². The predicted molar refractivity (Wildman–Crippen MR) is 136 cm³/mol. The third kappa shape index (κ3) is 7.51. The number of halogens is 3. The number of allylic oxidation sites excluding steroid dienone is 8. The Morgan fingerprint density at radius 3 is 2.32 bits per heavy atom. The van der Waals surface area contributed by atoms with Crippen LogP contribution < -0.4 is 0 Å². The summed E-state index contributed by atoms with van der Waals surface area (Å²) in [6.07, 6.45) is 10.7. The van der Waals surface area contributed by atoms with Crippen molar-refractivity contribution in [2.45, 2.75) is 51.4 Å². The van der Waals surface area contributed by atoms with Gasteiger partial charge >= 0.3 is 0 Å². The second-order valence-corrected chi connectivity index (χ2v) is 8.68. The van der Waals surface area contributed by atoms with Crippen LogP contribution in [-0.2, 0) is 11.2 Å². The fraction of sp³-hybridized carbons (Fsp3) is 0.333. The molecule has 0 aromatic heterocycles. The van der Waals surface area contributed by atoms with E-state index in [2.05, 4.69) is 32.9 Å². The molecule has 1 aromatic carbocycles. The maximum absolute atomic E-state index is 14.8. The predicted octanol–water partition coefficient (Wildman–Crippen LogP) is 8.99. The van der Waals surface area contributed by atoms with E-state index in [9.17, 15) is 13.2 Å². The lowest BCUT2D eigenvalue weighted by Gasteiger charge is -2.27. The number of benzene rings is 1. The minimum absolute atomic E-state index is 0.0527. The summed E-state index contributed by atoms with van der Waals surface area (Å²) in [4.78, 5) is 0. The van der Waals surface area contributed by atoms with Crippen LogP contribution in [0.1, 0.15) is 56.1 Å². The molecular formula is C30H35F3O. The quantitative estimate of drug-likeness (QED) is 0.169. The minimum atomic E-state index is -0.778. The first-order valence-corrected chi connectivity index (χ1v) is 11.7. The molecule has 0 heterocycles. The zero-order valence-electron chi connectivity index (χ0n) is 20.1. The van der Waals surface area contributed by atoms with Crippen LogP contribution in [-0.4, -0.2) is 6.61 Å². The second-order valence-electron chi connectivity index (χ2n) is 8.68. The molecule has 2 rings (SSSR count). The van der Waals surface area contributed by atoms with E-state index >= 15 is 0 Å². The third-order valence-corrected chi connectivity index (χ3v) is 6.27. The molecule has 0 spiro atoms. The molecule has 1 fully saturated rings. The number of aryl methyl sites for hydroxylation is 1. The highest BCUT2D eigenvalue weighted by Crippen LogP contribution is 2.38. The van der Waals surface area contributed by atoms with Gasteiger partial charge in [-0.3, -0.25) is 0 Å². The molecule has 1 saturated carbocycles. The van der Waals surface area contributed by atoms with E-state index in [1.807, 2.05) is 6.08 Å². The molecule has 0 radical (unpaired) electrons. The van der Waals surface area contributed by atoms with Crippen molar-refractivity contribution in [2.75, 3.05) is 6.61 Å². The van der Waals surface area contributed by atoms with E-state index < -0.39 is 17.5 Å². The van der Waals surface area contributed by atoms with Crippen molar-refractivity contribution in [3.63, 3.8) is 0 Å². The number of hydrogen-bond donors (Lipinski definition) is 0. The molecule has 1 aliphatic rings. The van der Waals surface area contributed by atoms with Gasteiger partial charge in [-0.2, -0.15) is 0 Å². The molecule has 0 N–H and O–H groups in total. The summed E-state index contributed by atoms with van der Waals surface area (Å²) in [5.74, 6) is -1.38. The van der Waals surface area contributed by atoms with E-state index in [0.717, 1.165) is 31.8 Å². The molecule has 0 saturated heterocycles. The monoisotopic (exact) mass is 468 g/mol. The van der Waals surface area contributed by atoms with Crippen LogP contribution in [0.5, 0.6) is 0 Å². The summed E-state index contributed by atoms with van der Waals surface area (Å²) in [5, 5.41) is 0. The highest BCUT2D eigenvalue weighted by atomic mass is 19.2. The maximum atomic E-state index is 14.8. The van der Waals surface area contributed by atoms with Crippen molar-refractivity contribution in [3.05, 3.63) is 120 Å². The summed E-state index contributed by atoms with van der Waals surface area (Å²) >= 11 is 0. The Hall–Kier alpha value is -3.01.